The predicted octanol–water partition coefficient (Wildman–Crippen LogP) is 4.06. The molecule has 3 heterocycles. The van der Waals surface area contributed by atoms with Crippen molar-refractivity contribution in [3.8, 4) is 11.4 Å². The fourth-order valence-corrected chi connectivity index (χ4v) is 3.80. The van der Waals surface area contributed by atoms with Gasteiger partial charge < -0.3 is 4.74 Å². The van der Waals surface area contributed by atoms with E-state index in [-0.39, 0.29) is 18.1 Å². The van der Waals surface area contributed by atoms with Crippen LogP contribution in [0.3, 0.4) is 0 Å². The van der Waals surface area contributed by atoms with Gasteiger partial charge in [0.15, 0.2) is 0 Å². The topological polar surface area (TPSA) is 77.3 Å². The molecular weight excluding hydrogens is 376 g/mol. The van der Waals surface area contributed by atoms with Gasteiger partial charge >= 0.3 is 0 Å². The number of rotatable bonds is 6. The van der Waals surface area contributed by atoms with E-state index in [2.05, 4.69) is 34.0 Å². The van der Waals surface area contributed by atoms with Crippen LogP contribution in [0.25, 0.3) is 11.4 Å². The standard InChI is InChI=1S/C24H24N4O2/c1-15(17-7-5-4-6-8-17)11-20(29)13-19-12-18-14-26-24(30-3)22(18)23(28-19)21-9-10-25-16(2)27-21/h4-10,12,15H,11,13-14H2,1-3H3/t15-/m0/s1. The van der Waals surface area contributed by atoms with Crippen LogP contribution in [0.1, 0.15) is 47.5 Å². The molecule has 1 aromatic carbocycles. The van der Waals surface area contributed by atoms with E-state index in [1.807, 2.05) is 37.3 Å². The number of nitrogens with zero attached hydrogens (tertiary/aromatic N) is 4. The van der Waals surface area contributed by atoms with E-state index in [0.29, 0.717) is 36.1 Å². The number of carbonyl (C=O) groups is 1. The number of aromatic nitrogens is 3. The zero-order valence-electron chi connectivity index (χ0n) is 17.4. The third-order valence-electron chi connectivity index (χ3n) is 5.25. The van der Waals surface area contributed by atoms with Crippen LogP contribution >= 0.6 is 0 Å². The second kappa shape index (κ2) is 8.53. The van der Waals surface area contributed by atoms with Crippen molar-refractivity contribution >= 4 is 11.7 Å². The molecule has 2 aromatic heterocycles. The minimum Gasteiger partial charge on any atom is -0.481 e. The molecule has 0 fully saturated rings. The van der Waals surface area contributed by atoms with Gasteiger partial charge in [-0.05, 0) is 36.1 Å². The smallest absolute Gasteiger partial charge is 0.218 e. The highest BCUT2D eigenvalue weighted by Gasteiger charge is 2.25. The number of ketones is 1. The van der Waals surface area contributed by atoms with Crippen LogP contribution in [0.2, 0.25) is 0 Å². The van der Waals surface area contributed by atoms with Crippen LogP contribution in [0, 0.1) is 6.92 Å². The molecule has 30 heavy (non-hydrogen) atoms. The summed E-state index contributed by atoms with van der Waals surface area (Å²) in [5.74, 6) is 1.55. The van der Waals surface area contributed by atoms with Crippen LogP contribution in [-0.2, 0) is 22.5 Å². The first-order chi connectivity index (χ1) is 14.5. The van der Waals surface area contributed by atoms with Gasteiger partial charge in [0.25, 0.3) is 0 Å². The molecule has 6 nitrogen and oxygen atoms in total. The fraction of sp³-hybridized carbons (Fsp3) is 0.292. The second-order valence-electron chi connectivity index (χ2n) is 7.54. The summed E-state index contributed by atoms with van der Waals surface area (Å²) in [6.07, 6.45) is 2.47. The normalized spacial score (nSPS) is 13.5. The number of hydrogen-bond acceptors (Lipinski definition) is 6. The fourth-order valence-electron chi connectivity index (χ4n) is 3.80. The Kier molecular flexibility index (Phi) is 5.65. The van der Waals surface area contributed by atoms with Crippen LogP contribution in [-0.4, -0.2) is 33.7 Å². The number of ether oxygens (including phenoxy) is 1. The Hall–Kier alpha value is -3.41. The van der Waals surface area contributed by atoms with E-state index in [9.17, 15) is 4.79 Å². The van der Waals surface area contributed by atoms with Gasteiger partial charge in [-0.3, -0.25) is 4.79 Å². The van der Waals surface area contributed by atoms with Crippen molar-refractivity contribution in [2.24, 2.45) is 4.99 Å². The number of hydrogen-bond donors (Lipinski definition) is 0. The zero-order chi connectivity index (χ0) is 21.1. The average molecular weight is 400 g/mol. The minimum absolute atomic E-state index is 0.162. The van der Waals surface area contributed by atoms with Gasteiger partial charge in [-0.25, -0.2) is 19.9 Å². The number of Topliss-reactive ketones (excluding diaryl/α,β-unsaturated/α-hetero) is 1. The molecule has 0 unspecified atom stereocenters. The predicted molar refractivity (Wildman–Crippen MR) is 115 cm³/mol. The van der Waals surface area contributed by atoms with E-state index in [1.165, 1.54) is 5.56 Å². The highest BCUT2D eigenvalue weighted by Crippen LogP contribution is 2.30. The largest absolute Gasteiger partial charge is 0.481 e. The number of aryl methyl sites for hydroxylation is 1. The molecular formula is C24H24N4O2. The first-order valence-corrected chi connectivity index (χ1v) is 10.0. The van der Waals surface area contributed by atoms with Gasteiger partial charge in [0, 0.05) is 24.7 Å². The van der Waals surface area contributed by atoms with Crippen molar-refractivity contribution in [2.45, 2.75) is 39.2 Å². The third kappa shape index (κ3) is 4.13. The molecule has 1 aliphatic heterocycles. The Bertz CT molecular complexity index is 1110. The summed E-state index contributed by atoms with van der Waals surface area (Å²) in [6, 6.07) is 13.9. The van der Waals surface area contributed by atoms with Crippen molar-refractivity contribution in [2.75, 3.05) is 7.11 Å². The summed E-state index contributed by atoms with van der Waals surface area (Å²) in [5.41, 5.74) is 5.16. The maximum atomic E-state index is 12.8. The molecule has 0 amide bonds. The third-order valence-corrected chi connectivity index (χ3v) is 5.25. The summed E-state index contributed by atoms with van der Waals surface area (Å²) in [5, 5.41) is 0. The Balaban J connectivity index is 1.62. The monoisotopic (exact) mass is 400 g/mol. The number of methoxy groups -OCH3 is 1. The molecule has 0 saturated carbocycles. The molecule has 0 saturated heterocycles. The molecule has 0 bridgehead atoms. The molecule has 1 aliphatic rings. The van der Waals surface area contributed by atoms with Crippen molar-refractivity contribution < 1.29 is 9.53 Å². The SMILES string of the molecule is COC1=NCc2cc(CC(=O)C[C@H](C)c3ccccc3)nc(-c3ccnc(C)n3)c21. The Morgan fingerprint density at radius 2 is 1.97 bits per heavy atom. The summed E-state index contributed by atoms with van der Waals surface area (Å²) < 4.78 is 5.45. The van der Waals surface area contributed by atoms with Crippen LogP contribution < -0.4 is 0 Å². The van der Waals surface area contributed by atoms with Crippen LogP contribution in [0.5, 0.6) is 0 Å². The average Bonchev–Trinajstić information content (AvgIpc) is 3.16. The summed E-state index contributed by atoms with van der Waals surface area (Å²) >= 11 is 0. The van der Waals surface area contributed by atoms with Crippen molar-refractivity contribution in [3.05, 3.63) is 76.9 Å². The molecule has 0 N–H and O–H groups in total. The van der Waals surface area contributed by atoms with Gasteiger partial charge in [-0.2, -0.15) is 0 Å². The molecule has 6 heteroatoms. The van der Waals surface area contributed by atoms with E-state index < -0.39 is 0 Å². The molecule has 3 aromatic rings. The lowest BCUT2D eigenvalue weighted by molar-refractivity contribution is -0.118. The molecule has 1 atom stereocenters. The lowest BCUT2D eigenvalue weighted by atomic mass is 9.94. The summed E-state index contributed by atoms with van der Waals surface area (Å²) in [4.78, 5) is 30.8. The first kappa shape index (κ1) is 19.9. The number of benzene rings is 1. The molecule has 0 radical (unpaired) electrons. The second-order valence-corrected chi connectivity index (χ2v) is 7.54. The van der Waals surface area contributed by atoms with Gasteiger partial charge in [0.2, 0.25) is 5.90 Å². The summed E-state index contributed by atoms with van der Waals surface area (Å²) in [6.45, 7) is 4.43. The van der Waals surface area contributed by atoms with Crippen molar-refractivity contribution in [1.29, 1.82) is 0 Å². The van der Waals surface area contributed by atoms with Crippen LogP contribution in [0.4, 0.5) is 0 Å². The molecule has 152 valence electrons. The summed E-state index contributed by atoms with van der Waals surface area (Å²) in [7, 11) is 1.60. The van der Waals surface area contributed by atoms with Crippen molar-refractivity contribution in [3.63, 3.8) is 0 Å². The lowest BCUT2D eigenvalue weighted by Gasteiger charge is -2.13. The van der Waals surface area contributed by atoms with E-state index >= 15 is 0 Å². The highest BCUT2D eigenvalue weighted by molar-refractivity contribution is 6.02. The molecule has 0 spiro atoms. The highest BCUT2D eigenvalue weighted by atomic mass is 16.5. The van der Waals surface area contributed by atoms with Crippen LogP contribution in [0.15, 0.2) is 53.7 Å². The Morgan fingerprint density at radius 3 is 2.70 bits per heavy atom. The quantitative estimate of drug-likeness (QED) is 0.624. The van der Waals surface area contributed by atoms with E-state index in [1.54, 1.807) is 13.3 Å². The number of fused-ring (bicyclic) bond motifs is 1. The van der Waals surface area contributed by atoms with Crippen molar-refractivity contribution in [1.82, 2.24) is 15.0 Å². The first-order valence-electron chi connectivity index (χ1n) is 10.0. The lowest BCUT2D eigenvalue weighted by Crippen LogP contribution is -2.12. The number of aliphatic imine (C=N–C) groups is 1. The number of carbonyl (C=O) groups excluding carboxylic acids is 1. The van der Waals surface area contributed by atoms with Gasteiger partial charge in [0.05, 0.1) is 24.9 Å². The minimum atomic E-state index is 0.162. The molecule has 4 rings (SSSR count). The maximum Gasteiger partial charge on any atom is 0.218 e. The van der Waals surface area contributed by atoms with Gasteiger partial charge in [-0.1, -0.05) is 37.3 Å². The van der Waals surface area contributed by atoms with Gasteiger partial charge in [0.1, 0.15) is 17.3 Å². The Morgan fingerprint density at radius 1 is 1.17 bits per heavy atom. The molecule has 0 aliphatic carbocycles. The van der Waals surface area contributed by atoms with E-state index in [0.717, 1.165) is 16.8 Å². The zero-order valence-corrected chi connectivity index (χ0v) is 17.4. The van der Waals surface area contributed by atoms with E-state index in [4.69, 9.17) is 9.72 Å². The maximum absolute atomic E-state index is 12.8. The Labute approximate surface area is 176 Å². The number of pyridine rings is 1. The van der Waals surface area contributed by atoms with Gasteiger partial charge in [-0.15, -0.1) is 0 Å².